The van der Waals surface area contributed by atoms with Crippen molar-refractivity contribution >= 4 is 17.9 Å². The summed E-state index contributed by atoms with van der Waals surface area (Å²) in [4.78, 5) is 37.9. The molecule has 0 aliphatic heterocycles. The van der Waals surface area contributed by atoms with Gasteiger partial charge in [0.2, 0.25) is 0 Å². The molecule has 0 heterocycles. The van der Waals surface area contributed by atoms with Crippen molar-refractivity contribution in [2.45, 2.75) is 329 Å². The van der Waals surface area contributed by atoms with E-state index in [0.29, 0.717) is 19.3 Å². The highest BCUT2D eigenvalue weighted by molar-refractivity contribution is 5.71. The molecule has 0 bridgehead atoms. The maximum Gasteiger partial charge on any atom is 0.306 e. The molecule has 6 nitrogen and oxygen atoms in total. The van der Waals surface area contributed by atoms with Gasteiger partial charge in [-0.05, 0) is 83.5 Å². The Labute approximate surface area is 447 Å². The molecule has 0 aliphatic rings. The van der Waals surface area contributed by atoms with Crippen molar-refractivity contribution in [3.8, 4) is 0 Å². The van der Waals surface area contributed by atoms with Gasteiger partial charge in [0.05, 0.1) is 0 Å². The van der Waals surface area contributed by atoms with Crippen molar-refractivity contribution in [1.82, 2.24) is 0 Å². The molecule has 0 saturated heterocycles. The van der Waals surface area contributed by atoms with Crippen LogP contribution in [0.15, 0.2) is 60.8 Å². The summed E-state index contributed by atoms with van der Waals surface area (Å²) in [6.07, 6.45) is 76.9. The van der Waals surface area contributed by atoms with Crippen LogP contribution < -0.4 is 0 Å². The van der Waals surface area contributed by atoms with Crippen molar-refractivity contribution in [3.05, 3.63) is 60.8 Å². The summed E-state index contributed by atoms with van der Waals surface area (Å²) in [5.74, 6) is -0.885. The summed E-state index contributed by atoms with van der Waals surface area (Å²) in [5, 5.41) is 0. The highest BCUT2D eigenvalue weighted by atomic mass is 16.6. The molecule has 1 atom stereocenters. The fraction of sp³-hybridized carbons (Fsp3) is 0.803. The summed E-state index contributed by atoms with van der Waals surface area (Å²) < 4.78 is 16.8. The van der Waals surface area contributed by atoms with Crippen LogP contribution in [0.3, 0.4) is 0 Å². The normalized spacial score (nSPS) is 12.4. The number of allylic oxidation sites excluding steroid dienone is 10. The highest BCUT2D eigenvalue weighted by Gasteiger charge is 2.19. The lowest BCUT2D eigenvalue weighted by molar-refractivity contribution is -0.167. The van der Waals surface area contributed by atoms with Crippen LogP contribution in [0.25, 0.3) is 0 Å². The fourth-order valence-electron chi connectivity index (χ4n) is 9.00. The van der Waals surface area contributed by atoms with E-state index in [2.05, 4.69) is 81.5 Å². The molecule has 72 heavy (non-hydrogen) atoms. The first-order valence-electron chi connectivity index (χ1n) is 31.3. The Balaban J connectivity index is 3.98. The van der Waals surface area contributed by atoms with Crippen molar-refractivity contribution in [3.63, 3.8) is 0 Å². The summed E-state index contributed by atoms with van der Waals surface area (Å²) in [7, 11) is 0. The largest absolute Gasteiger partial charge is 0.462 e. The van der Waals surface area contributed by atoms with Crippen molar-refractivity contribution < 1.29 is 28.6 Å². The number of rotatable bonds is 57. The number of unbranched alkanes of at least 4 members (excludes halogenated alkanes) is 36. The molecular weight excluding hydrogens is 889 g/mol. The van der Waals surface area contributed by atoms with Crippen LogP contribution >= 0.6 is 0 Å². The van der Waals surface area contributed by atoms with Gasteiger partial charge in [-0.15, -0.1) is 0 Å². The van der Waals surface area contributed by atoms with E-state index in [9.17, 15) is 14.4 Å². The number of hydrogen-bond acceptors (Lipinski definition) is 6. The molecule has 0 aromatic carbocycles. The molecule has 0 spiro atoms. The van der Waals surface area contributed by atoms with E-state index in [0.717, 1.165) is 96.3 Å². The summed E-state index contributed by atoms with van der Waals surface area (Å²) in [5.41, 5.74) is 0. The lowest BCUT2D eigenvalue weighted by Crippen LogP contribution is -2.30. The van der Waals surface area contributed by atoms with Gasteiger partial charge in [-0.1, -0.05) is 281 Å². The molecule has 0 saturated carbocycles. The number of hydrogen-bond donors (Lipinski definition) is 0. The Bertz CT molecular complexity index is 1290. The van der Waals surface area contributed by atoms with Gasteiger partial charge in [0.15, 0.2) is 6.10 Å². The first kappa shape index (κ1) is 69.1. The Morgan fingerprint density at radius 3 is 0.819 bits per heavy atom. The number of carbonyl (C=O) groups is 3. The predicted molar refractivity (Wildman–Crippen MR) is 312 cm³/mol. The fourth-order valence-corrected chi connectivity index (χ4v) is 9.00. The van der Waals surface area contributed by atoms with Crippen LogP contribution in [-0.2, 0) is 28.6 Å². The molecular formula is C66H118O6. The van der Waals surface area contributed by atoms with E-state index in [4.69, 9.17) is 14.2 Å². The van der Waals surface area contributed by atoms with Crippen molar-refractivity contribution in [2.24, 2.45) is 0 Å². The van der Waals surface area contributed by atoms with Gasteiger partial charge in [0.25, 0.3) is 0 Å². The van der Waals surface area contributed by atoms with Crippen molar-refractivity contribution in [1.29, 1.82) is 0 Å². The first-order valence-corrected chi connectivity index (χ1v) is 31.3. The summed E-state index contributed by atoms with van der Waals surface area (Å²) in [6.45, 7) is 6.56. The van der Waals surface area contributed by atoms with Gasteiger partial charge >= 0.3 is 17.9 Å². The zero-order valence-corrected chi connectivity index (χ0v) is 47.9. The SMILES string of the molecule is CCCC/C=C\C/C=C\CCCCCCCC(=O)OC(COC(=O)CCCCCCCCC)COC(=O)CCCCCCCCCCCCCCCCCCCC/C=C\C/C=C\C/C=C\CCCCCCC. The first-order chi connectivity index (χ1) is 35.5. The van der Waals surface area contributed by atoms with Crippen LogP contribution in [-0.4, -0.2) is 37.2 Å². The molecule has 0 aliphatic carbocycles. The molecule has 0 amide bonds. The van der Waals surface area contributed by atoms with Gasteiger partial charge in [0.1, 0.15) is 13.2 Å². The average Bonchev–Trinajstić information content (AvgIpc) is 3.38. The van der Waals surface area contributed by atoms with E-state index in [-0.39, 0.29) is 31.1 Å². The zero-order chi connectivity index (χ0) is 52.2. The highest BCUT2D eigenvalue weighted by Crippen LogP contribution is 2.17. The maximum absolute atomic E-state index is 12.8. The Hall–Kier alpha value is -2.89. The Kier molecular flexibility index (Phi) is 58.2. The second-order valence-electron chi connectivity index (χ2n) is 21.0. The van der Waals surface area contributed by atoms with Gasteiger partial charge in [-0.25, -0.2) is 0 Å². The number of esters is 3. The standard InChI is InChI=1S/C66H118O6/c1-4-7-10-13-16-18-20-22-24-25-26-27-28-29-30-31-32-33-34-35-36-37-38-39-40-41-42-44-45-47-50-53-56-59-65(68)71-62-63(61-70-64(67)58-55-52-49-15-12-9-6-3)72-66(69)60-57-54-51-48-46-43-23-21-19-17-14-11-8-5-2/h14,17,20-23,25-26,28-29,63H,4-13,15-16,18-19,24,27,30-62H2,1-3H3/b17-14-,22-20-,23-21-,26-25-,29-28-. The van der Waals surface area contributed by atoms with Gasteiger partial charge in [0, 0.05) is 19.3 Å². The maximum atomic E-state index is 12.8. The molecule has 1 unspecified atom stereocenters. The lowest BCUT2D eigenvalue weighted by Gasteiger charge is -2.18. The Morgan fingerprint density at radius 1 is 0.278 bits per heavy atom. The van der Waals surface area contributed by atoms with Crippen LogP contribution in [0, 0.1) is 0 Å². The molecule has 0 aromatic rings. The second kappa shape index (κ2) is 60.7. The van der Waals surface area contributed by atoms with Crippen molar-refractivity contribution in [2.75, 3.05) is 13.2 Å². The quantitative estimate of drug-likeness (QED) is 0.0261. The van der Waals surface area contributed by atoms with E-state index < -0.39 is 6.10 Å². The second-order valence-corrected chi connectivity index (χ2v) is 21.0. The zero-order valence-electron chi connectivity index (χ0n) is 47.9. The number of carbonyl (C=O) groups excluding carboxylic acids is 3. The molecule has 6 heteroatoms. The summed E-state index contributed by atoms with van der Waals surface area (Å²) >= 11 is 0. The van der Waals surface area contributed by atoms with Crippen LogP contribution in [0.2, 0.25) is 0 Å². The van der Waals surface area contributed by atoms with Gasteiger partial charge in [-0.3, -0.25) is 14.4 Å². The van der Waals surface area contributed by atoms with E-state index in [1.807, 2.05) is 0 Å². The van der Waals surface area contributed by atoms with Crippen LogP contribution in [0.1, 0.15) is 323 Å². The molecule has 0 fully saturated rings. The Morgan fingerprint density at radius 2 is 0.514 bits per heavy atom. The monoisotopic (exact) mass is 1010 g/mol. The minimum Gasteiger partial charge on any atom is -0.462 e. The average molecular weight is 1010 g/mol. The minimum atomic E-state index is -0.776. The molecule has 0 radical (unpaired) electrons. The third kappa shape index (κ3) is 58.0. The van der Waals surface area contributed by atoms with E-state index >= 15 is 0 Å². The van der Waals surface area contributed by atoms with Crippen LogP contribution in [0.4, 0.5) is 0 Å². The third-order valence-corrected chi connectivity index (χ3v) is 13.7. The smallest absolute Gasteiger partial charge is 0.306 e. The van der Waals surface area contributed by atoms with E-state index in [1.165, 1.54) is 186 Å². The summed E-state index contributed by atoms with van der Waals surface area (Å²) in [6, 6.07) is 0. The molecule has 0 N–H and O–H groups in total. The number of ether oxygens (including phenoxy) is 3. The topological polar surface area (TPSA) is 78.9 Å². The molecule has 418 valence electrons. The van der Waals surface area contributed by atoms with E-state index in [1.54, 1.807) is 0 Å². The van der Waals surface area contributed by atoms with Crippen LogP contribution in [0.5, 0.6) is 0 Å². The molecule has 0 aromatic heterocycles. The van der Waals surface area contributed by atoms with Gasteiger partial charge < -0.3 is 14.2 Å². The molecule has 0 rings (SSSR count). The lowest BCUT2D eigenvalue weighted by atomic mass is 10.0. The minimum absolute atomic E-state index is 0.0765. The van der Waals surface area contributed by atoms with Gasteiger partial charge in [-0.2, -0.15) is 0 Å². The predicted octanol–water partition coefficient (Wildman–Crippen LogP) is 21.2. The third-order valence-electron chi connectivity index (χ3n) is 13.7.